The monoisotopic (exact) mass is 148 g/mol. The molecule has 2 heteroatoms. The largest absolute Gasteiger partial charge is 0.346 e. The van der Waals surface area contributed by atoms with Gasteiger partial charge in [-0.1, -0.05) is 20.3 Å². The SMILES string of the molecule is CCC(C)COC(C)(C)F. The van der Waals surface area contributed by atoms with Gasteiger partial charge >= 0.3 is 0 Å². The second-order valence-electron chi connectivity index (χ2n) is 3.19. The lowest BCUT2D eigenvalue weighted by Crippen LogP contribution is -2.20. The molecule has 0 N–H and O–H groups in total. The predicted octanol–water partition coefficient (Wildman–Crippen LogP) is 2.75. The Hall–Kier alpha value is -0.110. The van der Waals surface area contributed by atoms with E-state index in [1.54, 1.807) is 0 Å². The van der Waals surface area contributed by atoms with Crippen LogP contribution in [0, 0.1) is 5.92 Å². The molecule has 0 aliphatic heterocycles. The molecule has 0 aliphatic rings. The van der Waals surface area contributed by atoms with Gasteiger partial charge in [0, 0.05) is 0 Å². The fourth-order valence-electron chi connectivity index (χ4n) is 0.458. The van der Waals surface area contributed by atoms with Gasteiger partial charge in [-0.2, -0.15) is 0 Å². The molecule has 0 spiro atoms. The van der Waals surface area contributed by atoms with Gasteiger partial charge in [-0.15, -0.1) is 0 Å². The van der Waals surface area contributed by atoms with Crippen molar-refractivity contribution < 1.29 is 9.13 Å². The molecule has 1 nitrogen and oxygen atoms in total. The summed E-state index contributed by atoms with van der Waals surface area (Å²) in [5, 5.41) is 0. The van der Waals surface area contributed by atoms with Crippen LogP contribution in [-0.2, 0) is 4.74 Å². The van der Waals surface area contributed by atoms with Crippen LogP contribution in [0.15, 0.2) is 0 Å². The Morgan fingerprint density at radius 3 is 2.30 bits per heavy atom. The Morgan fingerprint density at radius 2 is 2.00 bits per heavy atom. The Morgan fingerprint density at radius 1 is 1.50 bits per heavy atom. The molecule has 0 aliphatic carbocycles. The molecule has 0 aromatic rings. The minimum absolute atomic E-state index is 0.454. The topological polar surface area (TPSA) is 9.23 Å². The van der Waals surface area contributed by atoms with Crippen LogP contribution in [0.3, 0.4) is 0 Å². The summed E-state index contributed by atoms with van der Waals surface area (Å²) in [4.78, 5) is 0. The second kappa shape index (κ2) is 3.91. The van der Waals surface area contributed by atoms with Crippen molar-refractivity contribution in [3.05, 3.63) is 0 Å². The van der Waals surface area contributed by atoms with Crippen molar-refractivity contribution in [2.24, 2.45) is 5.92 Å². The summed E-state index contributed by atoms with van der Waals surface area (Å²) < 4.78 is 17.6. The van der Waals surface area contributed by atoms with E-state index in [-0.39, 0.29) is 0 Å². The Balaban J connectivity index is 3.36. The average Bonchev–Trinajstić information content (AvgIpc) is 1.81. The summed E-state index contributed by atoms with van der Waals surface area (Å²) in [5.41, 5.74) is 0. The maximum Gasteiger partial charge on any atom is 0.203 e. The number of hydrogen-bond donors (Lipinski definition) is 0. The number of alkyl halides is 1. The van der Waals surface area contributed by atoms with Crippen LogP contribution < -0.4 is 0 Å². The maximum absolute atomic E-state index is 12.7. The van der Waals surface area contributed by atoms with Gasteiger partial charge in [-0.25, -0.2) is 4.39 Å². The van der Waals surface area contributed by atoms with Crippen LogP contribution in [0.1, 0.15) is 34.1 Å². The molecule has 0 rings (SSSR count). The van der Waals surface area contributed by atoms with Gasteiger partial charge in [0.15, 0.2) is 0 Å². The van der Waals surface area contributed by atoms with E-state index >= 15 is 0 Å². The molecule has 0 heterocycles. The lowest BCUT2D eigenvalue weighted by atomic mass is 10.1. The Kier molecular flexibility index (Phi) is 3.87. The highest BCUT2D eigenvalue weighted by Gasteiger charge is 2.15. The van der Waals surface area contributed by atoms with Crippen molar-refractivity contribution >= 4 is 0 Å². The van der Waals surface area contributed by atoms with Crippen LogP contribution in [-0.4, -0.2) is 12.5 Å². The first kappa shape index (κ1) is 9.89. The molecule has 0 aromatic carbocycles. The van der Waals surface area contributed by atoms with E-state index < -0.39 is 5.85 Å². The molecule has 0 fully saturated rings. The first-order valence-corrected chi connectivity index (χ1v) is 3.78. The van der Waals surface area contributed by atoms with Gasteiger partial charge in [0.2, 0.25) is 5.85 Å². The lowest BCUT2D eigenvalue weighted by molar-refractivity contribution is -0.125. The number of hydrogen-bond acceptors (Lipinski definition) is 1. The minimum atomic E-state index is -1.47. The van der Waals surface area contributed by atoms with E-state index in [0.29, 0.717) is 12.5 Å². The third kappa shape index (κ3) is 6.02. The summed E-state index contributed by atoms with van der Waals surface area (Å²) in [6.07, 6.45) is 1.04. The highest BCUT2D eigenvalue weighted by atomic mass is 19.2. The quantitative estimate of drug-likeness (QED) is 0.595. The van der Waals surface area contributed by atoms with Gasteiger partial charge in [0.05, 0.1) is 6.61 Å². The first-order chi connectivity index (χ1) is 4.45. The number of ether oxygens (including phenoxy) is 1. The summed E-state index contributed by atoms with van der Waals surface area (Å²) >= 11 is 0. The highest BCUT2D eigenvalue weighted by molar-refractivity contribution is 4.52. The molecule has 1 unspecified atom stereocenters. The van der Waals surface area contributed by atoms with Crippen LogP contribution in [0.5, 0.6) is 0 Å². The van der Waals surface area contributed by atoms with E-state index in [4.69, 9.17) is 4.74 Å². The minimum Gasteiger partial charge on any atom is -0.346 e. The zero-order valence-electron chi connectivity index (χ0n) is 7.28. The van der Waals surface area contributed by atoms with Gasteiger partial charge in [0.25, 0.3) is 0 Å². The summed E-state index contributed by atoms with van der Waals surface area (Å²) in [6, 6.07) is 0. The molecule has 0 amide bonds. The van der Waals surface area contributed by atoms with Gasteiger partial charge in [-0.05, 0) is 19.8 Å². The van der Waals surface area contributed by atoms with Crippen LogP contribution in [0.4, 0.5) is 4.39 Å². The molecule has 10 heavy (non-hydrogen) atoms. The zero-order chi connectivity index (χ0) is 8.20. The fourth-order valence-corrected chi connectivity index (χ4v) is 0.458. The van der Waals surface area contributed by atoms with E-state index in [0.717, 1.165) is 6.42 Å². The van der Waals surface area contributed by atoms with Crippen molar-refractivity contribution in [1.82, 2.24) is 0 Å². The van der Waals surface area contributed by atoms with Crippen LogP contribution in [0.2, 0.25) is 0 Å². The fraction of sp³-hybridized carbons (Fsp3) is 1.00. The molecular weight excluding hydrogens is 131 g/mol. The molecule has 0 saturated heterocycles. The van der Waals surface area contributed by atoms with Crippen molar-refractivity contribution in [1.29, 1.82) is 0 Å². The van der Waals surface area contributed by atoms with E-state index in [1.807, 2.05) is 6.92 Å². The van der Waals surface area contributed by atoms with Crippen molar-refractivity contribution in [3.8, 4) is 0 Å². The van der Waals surface area contributed by atoms with Crippen LogP contribution in [0.25, 0.3) is 0 Å². The van der Waals surface area contributed by atoms with Crippen LogP contribution >= 0.6 is 0 Å². The maximum atomic E-state index is 12.7. The lowest BCUT2D eigenvalue weighted by Gasteiger charge is -2.17. The highest BCUT2D eigenvalue weighted by Crippen LogP contribution is 2.12. The zero-order valence-corrected chi connectivity index (χ0v) is 7.28. The van der Waals surface area contributed by atoms with E-state index in [9.17, 15) is 4.39 Å². The Bertz CT molecular complexity index is 85.7. The molecule has 1 atom stereocenters. The molecule has 0 radical (unpaired) electrons. The molecular formula is C8H17FO. The van der Waals surface area contributed by atoms with E-state index in [2.05, 4.69) is 6.92 Å². The predicted molar refractivity (Wildman–Crippen MR) is 40.6 cm³/mol. The molecule has 0 aromatic heterocycles. The van der Waals surface area contributed by atoms with Gasteiger partial charge in [-0.3, -0.25) is 0 Å². The number of rotatable bonds is 4. The van der Waals surface area contributed by atoms with Crippen molar-refractivity contribution in [2.75, 3.05) is 6.61 Å². The second-order valence-corrected chi connectivity index (χ2v) is 3.19. The van der Waals surface area contributed by atoms with Crippen molar-refractivity contribution in [2.45, 2.75) is 40.0 Å². The number of halogens is 1. The summed E-state index contributed by atoms with van der Waals surface area (Å²) in [6.45, 7) is 7.48. The molecule has 62 valence electrons. The summed E-state index contributed by atoms with van der Waals surface area (Å²) in [7, 11) is 0. The smallest absolute Gasteiger partial charge is 0.203 e. The first-order valence-electron chi connectivity index (χ1n) is 3.78. The third-order valence-electron chi connectivity index (χ3n) is 1.41. The van der Waals surface area contributed by atoms with Crippen molar-refractivity contribution in [3.63, 3.8) is 0 Å². The summed E-state index contributed by atoms with van der Waals surface area (Å²) in [5.74, 6) is -1.02. The molecule has 0 bridgehead atoms. The molecule has 0 saturated carbocycles. The third-order valence-corrected chi connectivity index (χ3v) is 1.41. The Labute approximate surface area is 62.6 Å². The normalized spacial score (nSPS) is 15.3. The standard InChI is InChI=1S/C8H17FO/c1-5-7(2)6-10-8(3,4)9/h7H,5-6H2,1-4H3. The van der Waals surface area contributed by atoms with Gasteiger partial charge < -0.3 is 4.74 Å². The van der Waals surface area contributed by atoms with E-state index in [1.165, 1.54) is 13.8 Å². The average molecular weight is 148 g/mol. The van der Waals surface area contributed by atoms with Gasteiger partial charge in [0.1, 0.15) is 0 Å².